The fourth-order valence-corrected chi connectivity index (χ4v) is 5.81. The molecule has 3 aromatic rings. The van der Waals surface area contributed by atoms with Gasteiger partial charge in [0.1, 0.15) is 21.1 Å². The zero-order chi connectivity index (χ0) is 27.9. The summed E-state index contributed by atoms with van der Waals surface area (Å²) in [5.41, 5.74) is 1.19. The van der Waals surface area contributed by atoms with Gasteiger partial charge >= 0.3 is 12.1 Å². The Balaban J connectivity index is 1.38. The molecule has 39 heavy (non-hydrogen) atoms. The minimum Gasteiger partial charge on any atom is -0.491 e. The number of rotatable bonds is 5. The Morgan fingerprint density at radius 1 is 1.18 bits per heavy atom. The van der Waals surface area contributed by atoms with Crippen LogP contribution in [0, 0.1) is 0 Å². The fraction of sp³-hybridized carbons (Fsp3) is 0.429. The zero-order valence-electron chi connectivity index (χ0n) is 22.7. The van der Waals surface area contributed by atoms with Crippen molar-refractivity contribution in [2.75, 3.05) is 23.3 Å². The highest BCUT2D eigenvalue weighted by Crippen LogP contribution is 2.45. The number of hydrogen-bond acceptors (Lipinski definition) is 7. The van der Waals surface area contributed by atoms with Gasteiger partial charge in [-0.15, -0.1) is 11.3 Å². The van der Waals surface area contributed by atoms with E-state index in [1.54, 1.807) is 22.1 Å². The van der Waals surface area contributed by atoms with Gasteiger partial charge in [0.25, 0.3) is 5.91 Å². The quantitative estimate of drug-likeness (QED) is 0.408. The average molecular weight is 552 g/mol. The second-order valence-corrected chi connectivity index (χ2v) is 12.0. The molecule has 11 heteroatoms. The molecule has 4 heterocycles. The molecule has 2 aliphatic heterocycles. The van der Waals surface area contributed by atoms with Crippen LogP contribution in [0.3, 0.4) is 0 Å². The van der Waals surface area contributed by atoms with Gasteiger partial charge in [-0.2, -0.15) is 0 Å². The summed E-state index contributed by atoms with van der Waals surface area (Å²) in [6, 6.07) is 8.49. The number of amides is 4. The van der Waals surface area contributed by atoms with Crippen molar-refractivity contribution in [1.82, 2.24) is 15.2 Å². The van der Waals surface area contributed by atoms with Gasteiger partial charge in [-0.1, -0.05) is 0 Å². The number of ether oxygens (including phenoxy) is 2. The van der Waals surface area contributed by atoms with Crippen molar-refractivity contribution in [3.63, 3.8) is 0 Å². The third-order valence-corrected chi connectivity index (χ3v) is 7.42. The molecule has 2 N–H and O–H groups in total. The van der Waals surface area contributed by atoms with Crippen LogP contribution in [-0.4, -0.2) is 58.8 Å². The van der Waals surface area contributed by atoms with E-state index >= 15 is 0 Å². The summed E-state index contributed by atoms with van der Waals surface area (Å²) in [6.07, 6.45) is 2.79. The number of carbonyl (C=O) groups is 3. The van der Waals surface area contributed by atoms with E-state index in [0.717, 1.165) is 12.8 Å². The van der Waals surface area contributed by atoms with Crippen LogP contribution in [0.25, 0.3) is 10.2 Å². The first-order valence-electron chi connectivity index (χ1n) is 13.1. The molecule has 0 bridgehead atoms. The first-order chi connectivity index (χ1) is 18.5. The minimum atomic E-state index is -0.590. The van der Waals surface area contributed by atoms with E-state index in [1.165, 1.54) is 11.3 Å². The predicted molar refractivity (Wildman–Crippen MR) is 151 cm³/mol. The molecule has 0 aliphatic carbocycles. The molecule has 5 rings (SSSR count). The Kier molecular flexibility index (Phi) is 7.11. The van der Waals surface area contributed by atoms with Crippen LogP contribution < -0.4 is 20.3 Å². The zero-order valence-corrected chi connectivity index (χ0v) is 23.6. The monoisotopic (exact) mass is 551 g/mol. The van der Waals surface area contributed by atoms with E-state index in [9.17, 15) is 14.4 Å². The fourth-order valence-electron chi connectivity index (χ4n) is 4.78. The number of nitrogens with one attached hydrogen (secondary N) is 2. The molecule has 4 amide bonds. The maximum Gasteiger partial charge on any atom is 0.410 e. The van der Waals surface area contributed by atoms with Crippen molar-refractivity contribution in [3.05, 3.63) is 41.4 Å². The summed E-state index contributed by atoms with van der Waals surface area (Å²) >= 11 is 1.23. The number of piperidine rings is 1. The van der Waals surface area contributed by atoms with Crippen molar-refractivity contribution in [3.8, 4) is 5.75 Å². The van der Waals surface area contributed by atoms with Crippen LogP contribution >= 0.6 is 11.3 Å². The lowest BCUT2D eigenvalue weighted by Gasteiger charge is -2.34. The van der Waals surface area contributed by atoms with E-state index in [4.69, 9.17) is 9.47 Å². The van der Waals surface area contributed by atoms with Gasteiger partial charge in [-0.05, 0) is 77.8 Å². The molecule has 1 atom stereocenters. The molecule has 0 saturated carbocycles. The van der Waals surface area contributed by atoms with Crippen LogP contribution in [0.4, 0.5) is 26.7 Å². The number of nitrogens with zero attached hydrogens (tertiary/aromatic N) is 3. The van der Waals surface area contributed by atoms with Gasteiger partial charge in [0.05, 0.1) is 28.6 Å². The largest absolute Gasteiger partial charge is 0.491 e. The van der Waals surface area contributed by atoms with Crippen LogP contribution in [0.15, 0.2) is 36.5 Å². The number of carbonyl (C=O) groups excluding carboxylic acids is 3. The summed E-state index contributed by atoms with van der Waals surface area (Å²) in [7, 11) is 0. The first kappa shape index (κ1) is 26.7. The second-order valence-electron chi connectivity index (χ2n) is 11.0. The number of likely N-dealkylation sites (tertiary alicyclic amines) is 1. The van der Waals surface area contributed by atoms with Gasteiger partial charge in [-0.3, -0.25) is 9.69 Å². The van der Waals surface area contributed by atoms with E-state index < -0.39 is 5.60 Å². The summed E-state index contributed by atoms with van der Waals surface area (Å²) in [4.78, 5) is 48.0. The number of pyridine rings is 1. The Hall–Kier alpha value is -3.86. The van der Waals surface area contributed by atoms with Crippen molar-refractivity contribution in [1.29, 1.82) is 0 Å². The lowest BCUT2D eigenvalue weighted by Crippen LogP contribution is -2.50. The highest BCUT2D eigenvalue weighted by Gasteiger charge is 2.34. The van der Waals surface area contributed by atoms with Crippen molar-refractivity contribution >= 4 is 56.6 Å². The molecular formula is C28H33N5O5S. The lowest BCUT2D eigenvalue weighted by atomic mass is 10.1. The van der Waals surface area contributed by atoms with E-state index in [1.807, 2.05) is 58.9 Å². The molecular weight excluding hydrogens is 518 g/mol. The number of thiophene rings is 1. The highest BCUT2D eigenvalue weighted by molar-refractivity contribution is 7.21. The molecule has 1 aromatic carbocycles. The molecule has 1 unspecified atom stereocenters. The third-order valence-electron chi connectivity index (χ3n) is 6.33. The predicted octanol–water partition coefficient (Wildman–Crippen LogP) is 5.90. The number of benzene rings is 1. The van der Waals surface area contributed by atoms with E-state index in [0.29, 0.717) is 51.0 Å². The maximum atomic E-state index is 13.4. The first-order valence-corrected chi connectivity index (χ1v) is 13.9. The van der Waals surface area contributed by atoms with Crippen LogP contribution in [0.1, 0.15) is 57.1 Å². The molecule has 0 spiro atoms. The Bertz CT molecular complexity index is 1410. The SMILES string of the molecule is CC(C)Oc1ccc(N2C(=O)Nc3c(C(=O)NC4CCCN(C(=O)OC(C)(C)C)C4)sc4nccc2c34)cc1. The molecule has 2 aliphatic rings. The number of urea groups is 1. The molecule has 1 fully saturated rings. The van der Waals surface area contributed by atoms with Crippen LogP contribution in [-0.2, 0) is 4.74 Å². The summed E-state index contributed by atoms with van der Waals surface area (Å²) in [6.45, 7) is 10.3. The molecule has 10 nitrogen and oxygen atoms in total. The van der Waals surface area contributed by atoms with E-state index in [2.05, 4.69) is 15.6 Å². The smallest absolute Gasteiger partial charge is 0.410 e. The second kappa shape index (κ2) is 10.4. The number of anilines is 3. The molecule has 2 aromatic heterocycles. The average Bonchev–Trinajstić information content (AvgIpc) is 3.23. The molecule has 0 radical (unpaired) electrons. The van der Waals surface area contributed by atoms with Gasteiger partial charge in [-0.25, -0.2) is 14.6 Å². The van der Waals surface area contributed by atoms with Crippen molar-refractivity contribution < 1.29 is 23.9 Å². The summed E-state index contributed by atoms with van der Waals surface area (Å²) < 4.78 is 11.2. The van der Waals surface area contributed by atoms with Gasteiger partial charge < -0.3 is 25.0 Å². The van der Waals surface area contributed by atoms with Crippen molar-refractivity contribution in [2.24, 2.45) is 0 Å². The highest BCUT2D eigenvalue weighted by atomic mass is 32.1. The normalized spacial score (nSPS) is 17.3. The third kappa shape index (κ3) is 5.63. The van der Waals surface area contributed by atoms with E-state index in [-0.39, 0.29) is 30.2 Å². The Labute approximate surface area is 231 Å². The number of hydrogen-bond donors (Lipinski definition) is 2. The van der Waals surface area contributed by atoms with Crippen LogP contribution in [0.2, 0.25) is 0 Å². The van der Waals surface area contributed by atoms with Gasteiger partial charge in [0.15, 0.2) is 0 Å². The standard InChI is InChI=1S/C28H33N5O5S/c1-16(2)37-19-10-8-18(9-11-19)33-20-12-13-29-25-21(20)22(31-26(33)35)23(39-25)24(34)30-17-7-6-14-32(15-17)27(36)38-28(3,4)5/h8-13,16-17H,6-7,14-15H2,1-5H3,(H,30,34)(H,31,35). The Morgan fingerprint density at radius 3 is 2.62 bits per heavy atom. The lowest BCUT2D eigenvalue weighted by molar-refractivity contribution is 0.0185. The van der Waals surface area contributed by atoms with Gasteiger partial charge in [0, 0.05) is 25.3 Å². The summed E-state index contributed by atoms with van der Waals surface area (Å²) in [5.74, 6) is 0.410. The van der Waals surface area contributed by atoms with Gasteiger partial charge in [0.2, 0.25) is 0 Å². The number of aromatic nitrogens is 1. The molecule has 206 valence electrons. The molecule has 1 saturated heterocycles. The minimum absolute atomic E-state index is 0.0425. The Morgan fingerprint density at radius 2 is 1.92 bits per heavy atom. The topological polar surface area (TPSA) is 113 Å². The summed E-state index contributed by atoms with van der Waals surface area (Å²) in [5, 5.41) is 6.69. The maximum absolute atomic E-state index is 13.4. The van der Waals surface area contributed by atoms with Crippen LogP contribution in [0.5, 0.6) is 5.75 Å². The van der Waals surface area contributed by atoms with Crippen molar-refractivity contribution in [2.45, 2.75) is 65.2 Å².